The van der Waals surface area contributed by atoms with Crippen LogP contribution in [0.3, 0.4) is 0 Å². The zero-order valence-electron chi connectivity index (χ0n) is 10.1. The highest BCUT2D eigenvalue weighted by atomic mass is 35.5. The second-order valence-electron chi connectivity index (χ2n) is 4.47. The van der Waals surface area contributed by atoms with Crippen molar-refractivity contribution in [2.75, 3.05) is 13.1 Å². The van der Waals surface area contributed by atoms with Crippen molar-refractivity contribution in [3.8, 4) is 0 Å². The number of imidazole rings is 1. The Morgan fingerprint density at radius 1 is 1.65 bits per heavy atom. The van der Waals surface area contributed by atoms with Crippen LogP contribution >= 0.6 is 12.4 Å². The number of rotatable bonds is 2. The average Bonchev–Trinajstić information content (AvgIpc) is 2.68. The van der Waals surface area contributed by atoms with Crippen molar-refractivity contribution in [1.29, 1.82) is 0 Å². The summed E-state index contributed by atoms with van der Waals surface area (Å²) in [6.45, 7) is 4.06. The molecule has 1 saturated heterocycles. The van der Waals surface area contributed by atoms with E-state index < -0.39 is 0 Å². The van der Waals surface area contributed by atoms with Crippen molar-refractivity contribution in [2.45, 2.75) is 19.4 Å². The van der Waals surface area contributed by atoms with Gasteiger partial charge in [-0.15, -0.1) is 12.4 Å². The van der Waals surface area contributed by atoms with Crippen LogP contribution in [-0.4, -0.2) is 34.6 Å². The van der Waals surface area contributed by atoms with E-state index in [0.717, 1.165) is 19.5 Å². The number of piperidine rings is 1. The van der Waals surface area contributed by atoms with Crippen LogP contribution in [0.4, 0.5) is 0 Å². The summed E-state index contributed by atoms with van der Waals surface area (Å²) in [4.78, 5) is 15.9. The van der Waals surface area contributed by atoms with E-state index in [1.807, 2.05) is 7.05 Å². The standard InChI is InChI=1S/C11H18N4O.ClH/c1-8-3-4-12-5-9(8)14-11(16)10-6-15(2)7-13-10;/h6-9,12H,3-5H2,1-2H3,(H,14,16);1H. The first-order valence-electron chi connectivity index (χ1n) is 5.66. The minimum absolute atomic E-state index is 0. The van der Waals surface area contributed by atoms with Gasteiger partial charge in [0.25, 0.3) is 5.91 Å². The van der Waals surface area contributed by atoms with Crippen LogP contribution in [-0.2, 0) is 7.05 Å². The molecule has 2 atom stereocenters. The Balaban J connectivity index is 0.00000144. The van der Waals surface area contributed by atoms with Crippen molar-refractivity contribution in [3.05, 3.63) is 18.2 Å². The number of carbonyl (C=O) groups excluding carboxylic acids is 1. The van der Waals surface area contributed by atoms with Crippen LogP contribution in [0.15, 0.2) is 12.5 Å². The molecule has 0 saturated carbocycles. The third-order valence-electron chi connectivity index (χ3n) is 3.08. The van der Waals surface area contributed by atoms with E-state index in [4.69, 9.17) is 0 Å². The van der Waals surface area contributed by atoms with Gasteiger partial charge in [-0.2, -0.15) is 0 Å². The second-order valence-corrected chi connectivity index (χ2v) is 4.47. The third-order valence-corrected chi connectivity index (χ3v) is 3.08. The number of amides is 1. The van der Waals surface area contributed by atoms with Crippen molar-refractivity contribution in [2.24, 2.45) is 13.0 Å². The number of nitrogens with one attached hydrogen (secondary N) is 2. The molecule has 1 fully saturated rings. The Morgan fingerprint density at radius 2 is 2.41 bits per heavy atom. The summed E-state index contributed by atoms with van der Waals surface area (Å²) < 4.78 is 1.78. The summed E-state index contributed by atoms with van der Waals surface area (Å²) in [6, 6.07) is 0.211. The molecule has 1 amide bonds. The monoisotopic (exact) mass is 258 g/mol. The quantitative estimate of drug-likeness (QED) is 0.816. The van der Waals surface area contributed by atoms with E-state index >= 15 is 0 Å². The number of hydrogen-bond acceptors (Lipinski definition) is 3. The van der Waals surface area contributed by atoms with Crippen LogP contribution in [0.5, 0.6) is 0 Å². The normalized spacial score (nSPS) is 23.9. The van der Waals surface area contributed by atoms with Gasteiger partial charge in [-0.3, -0.25) is 4.79 Å². The molecule has 5 nitrogen and oxygen atoms in total. The minimum Gasteiger partial charge on any atom is -0.346 e. The number of hydrogen-bond donors (Lipinski definition) is 2. The molecule has 0 radical (unpaired) electrons. The Labute approximate surface area is 107 Å². The van der Waals surface area contributed by atoms with E-state index in [9.17, 15) is 4.79 Å². The lowest BCUT2D eigenvalue weighted by atomic mass is 9.95. The van der Waals surface area contributed by atoms with Gasteiger partial charge < -0.3 is 15.2 Å². The zero-order chi connectivity index (χ0) is 11.5. The van der Waals surface area contributed by atoms with Gasteiger partial charge in [0.15, 0.2) is 0 Å². The second kappa shape index (κ2) is 6.02. The van der Waals surface area contributed by atoms with Crippen molar-refractivity contribution in [3.63, 3.8) is 0 Å². The highest BCUT2D eigenvalue weighted by molar-refractivity contribution is 5.92. The predicted molar refractivity (Wildman–Crippen MR) is 68.4 cm³/mol. The maximum absolute atomic E-state index is 11.9. The number of aromatic nitrogens is 2. The van der Waals surface area contributed by atoms with Crippen molar-refractivity contribution >= 4 is 18.3 Å². The zero-order valence-corrected chi connectivity index (χ0v) is 11.0. The molecule has 0 bridgehead atoms. The van der Waals surface area contributed by atoms with E-state index in [2.05, 4.69) is 22.5 Å². The summed E-state index contributed by atoms with van der Waals surface area (Å²) in [6.07, 6.45) is 4.47. The van der Waals surface area contributed by atoms with Crippen LogP contribution in [0.25, 0.3) is 0 Å². The molecule has 6 heteroatoms. The number of carbonyl (C=O) groups is 1. The van der Waals surface area contributed by atoms with Gasteiger partial charge in [0.05, 0.1) is 6.33 Å². The van der Waals surface area contributed by atoms with E-state index in [1.165, 1.54) is 0 Å². The number of nitrogens with zero attached hydrogens (tertiary/aromatic N) is 2. The molecule has 2 unspecified atom stereocenters. The fraction of sp³-hybridized carbons (Fsp3) is 0.636. The molecular formula is C11H19ClN4O. The smallest absolute Gasteiger partial charge is 0.271 e. The SMILES string of the molecule is CC1CCNCC1NC(=O)c1cn(C)cn1.Cl. The molecule has 2 N–H and O–H groups in total. The summed E-state index contributed by atoms with van der Waals surface area (Å²) in [7, 11) is 1.86. The Morgan fingerprint density at radius 3 is 3.00 bits per heavy atom. The Bertz CT molecular complexity index is 379. The maximum atomic E-state index is 11.9. The van der Waals surface area contributed by atoms with Crippen molar-refractivity contribution < 1.29 is 4.79 Å². The van der Waals surface area contributed by atoms with Crippen LogP contribution in [0, 0.1) is 5.92 Å². The first kappa shape index (κ1) is 14.0. The lowest BCUT2D eigenvalue weighted by Gasteiger charge is -2.29. The first-order valence-corrected chi connectivity index (χ1v) is 5.66. The molecule has 1 aromatic rings. The first-order chi connectivity index (χ1) is 7.66. The summed E-state index contributed by atoms with van der Waals surface area (Å²) in [5.41, 5.74) is 0.486. The van der Waals surface area contributed by atoms with Gasteiger partial charge in [0.1, 0.15) is 5.69 Å². The summed E-state index contributed by atoms with van der Waals surface area (Å²) >= 11 is 0. The van der Waals surface area contributed by atoms with Gasteiger partial charge in [-0.1, -0.05) is 6.92 Å². The molecule has 1 aromatic heterocycles. The van der Waals surface area contributed by atoms with E-state index in [-0.39, 0.29) is 24.4 Å². The molecule has 1 aliphatic heterocycles. The van der Waals surface area contributed by atoms with Gasteiger partial charge in [0.2, 0.25) is 0 Å². The average molecular weight is 259 g/mol. The highest BCUT2D eigenvalue weighted by Crippen LogP contribution is 2.11. The minimum atomic E-state index is -0.0823. The molecule has 0 spiro atoms. The molecule has 17 heavy (non-hydrogen) atoms. The van der Waals surface area contributed by atoms with Gasteiger partial charge >= 0.3 is 0 Å². The van der Waals surface area contributed by atoms with E-state index in [1.54, 1.807) is 17.1 Å². The van der Waals surface area contributed by atoms with Crippen LogP contribution < -0.4 is 10.6 Å². The van der Waals surface area contributed by atoms with Crippen LogP contribution in [0.1, 0.15) is 23.8 Å². The lowest BCUT2D eigenvalue weighted by Crippen LogP contribution is -2.50. The fourth-order valence-corrected chi connectivity index (χ4v) is 1.96. The molecule has 2 rings (SSSR count). The summed E-state index contributed by atoms with van der Waals surface area (Å²) in [5, 5.41) is 6.31. The van der Waals surface area contributed by atoms with E-state index in [0.29, 0.717) is 11.6 Å². The fourth-order valence-electron chi connectivity index (χ4n) is 1.96. The lowest BCUT2D eigenvalue weighted by molar-refractivity contribution is 0.0910. The molecule has 0 aliphatic carbocycles. The number of halogens is 1. The largest absolute Gasteiger partial charge is 0.346 e. The van der Waals surface area contributed by atoms with Gasteiger partial charge in [-0.05, 0) is 18.9 Å². The molecular weight excluding hydrogens is 240 g/mol. The van der Waals surface area contributed by atoms with Gasteiger partial charge in [0, 0.05) is 25.8 Å². The molecule has 0 aromatic carbocycles. The molecule has 96 valence electrons. The van der Waals surface area contributed by atoms with Crippen molar-refractivity contribution in [1.82, 2.24) is 20.2 Å². The van der Waals surface area contributed by atoms with Gasteiger partial charge in [-0.25, -0.2) is 4.98 Å². The Hall–Kier alpha value is -1.07. The number of aryl methyl sites for hydroxylation is 1. The van der Waals surface area contributed by atoms with Crippen LogP contribution in [0.2, 0.25) is 0 Å². The molecule has 1 aliphatic rings. The Kier molecular flexibility index (Phi) is 4.96. The molecule has 2 heterocycles. The third kappa shape index (κ3) is 3.44. The predicted octanol–water partition coefficient (Wildman–Crippen LogP) is 0.570. The topological polar surface area (TPSA) is 58.9 Å². The highest BCUT2D eigenvalue weighted by Gasteiger charge is 2.23. The maximum Gasteiger partial charge on any atom is 0.271 e. The summed E-state index contributed by atoms with van der Waals surface area (Å²) in [5.74, 6) is 0.440.